The monoisotopic (exact) mass is 149 g/mol. The van der Waals surface area contributed by atoms with Crippen LogP contribution in [0.3, 0.4) is 0 Å². The first kappa shape index (κ1) is 6.73. The highest BCUT2D eigenvalue weighted by molar-refractivity contribution is 5.03. The van der Waals surface area contributed by atoms with E-state index in [1.807, 2.05) is 6.07 Å². The third-order valence-corrected chi connectivity index (χ3v) is 2.02. The predicted octanol–water partition coefficient (Wildman–Crippen LogP) is 0.506. The standard InChI is InChI=1S/C8H11N3/c1-11-5-7(6-11)8-9-3-2-4-10-8/h2-4,7H,5-6H2,1H3. The summed E-state index contributed by atoms with van der Waals surface area (Å²) in [6.45, 7) is 2.20. The van der Waals surface area contributed by atoms with Gasteiger partial charge in [0.25, 0.3) is 0 Å². The van der Waals surface area contributed by atoms with Gasteiger partial charge in [0.05, 0.1) is 0 Å². The minimum Gasteiger partial charge on any atom is -0.305 e. The number of aromatic nitrogens is 2. The van der Waals surface area contributed by atoms with Crippen molar-refractivity contribution in [2.45, 2.75) is 5.92 Å². The van der Waals surface area contributed by atoms with Gasteiger partial charge >= 0.3 is 0 Å². The van der Waals surface area contributed by atoms with Crippen molar-refractivity contribution in [1.82, 2.24) is 14.9 Å². The maximum absolute atomic E-state index is 4.20. The Labute approximate surface area is 66.1 Å². The van der Waals surface area contributed by atoms with E-state index in [1.165, 1.54) is 0 Å². The SMILES string of the molecule is CN1CC(c2ncccn2)C1. The fraction of sp³-hybridized carbons (Fsp3) is 0.500. The maximum Gasteiger partial charge on any atom is 0.133 e. The van der Waals surface area contributed by atoms with E-state index in [0.29, 0.717) is 5.92 Å². The summed E-state index contributed by atoms with van der Waals surface area (Å²) in [5, 5.41) is 0. The summed E-state index contributed by atoms with van der Waals surface area (Å²) < 4.78 is 0. The molecule has 3 heteroatoms. The molecule has 2 rings (SSSR count). The highest BCUT2D eigenvalue weighted by Gasteiger charge is 2.26. The second-order valence-electron chi connectivity index (χ2n) is 3.03. The van der Waals surface area contributed by atoms with Crippen LogP contribution in [-0.4, -0.2) is 35.0 Å². The first-order chi connectivity index (χ1) is 5.36. The van der Waals surface area contributed by atoms with E-state index < -0.39 is 0 Å². The normalized spacial score (nSPS) is 19.7. The van der Waals surface area contributed by atoms with Crippen LogP contribution in [0.5, 0.6) is 0 Å². The van der Waals surface area contributed by atoms with Crippen LogP contribution < -0.4 is 0 Å². The molecule has 1 saturated heterocycles. The first-order valence-corrected chi connectivity index (χ1v) is 3.82. The number of likely N-dealkylation sites (tertiary alicyclic amines) is 1. The minimum absolute atomic E-state index is 0.571. The molecule has 0 unspecified atom stereocenters. The molecule has 0 aliphatic carbocycles. The maximum atomic E-state index is 4.20. The zero-order chi connectivity index (χ0) is 7.68. The van der Waals surface area contributed by atoms with E-state index in [-0.39, 0.29) is 0 Å². The molecule has 0 radical (unpaired) electrons. The molecule has 1 aliphatic rings. The molecule has 0 saturated carbocycles. The number of nitrogens with zero attached hydrogens (tertiary/aromatic N) is 3. The highest BCUT2D eigenvalue weighted by Crippen LogP contribution is 2.21. The lowest BCUT2D eigenvalue weighted by Crippen LogP contribution is -2.42. The summed E-state index contributed by atoms with van der Waals surface area (Å²) in [5.74, 6) is 1.56. The predicted molar refractivity (Wildman–Crippen MR) is 42.3 cm³/mol. The van der Waals surface area contributed by atoms with Crippen molar-refractivity contribution in [3.05, 3.63) is 24.3 Å². The van der Waals surface area contributed by atoms with Crippen molar-refractivity contribution in [2.75, 3.05) is 20.1 Å². The smallest absolute Gasteiger partial charge is 0.133 e. The number of likely N-dealkylation sites (N-methyl/N-ethyl adjacent to an activating group) is 1. The van der Waals surface area contributed by atoms with Crippen LogP contribution in [0.4, 0.5) is 0 Å². The molecule has 0 aromatic carbocycles. The van der Waals surface area contributed by atoms with Gasteiger partial charge in [0.15, 0.2) is 0 Å². The van der Waals surface area contributed by atoms with Gasteiger partial charge in [-0.3, -0.25) is 0 Å². The van der Waals surface area contributed by atoms with Gasteiger partial charge in [-0.25, -0.2) is 9.97 Å². The molecule has 1 aromatic heterocycles. The summed E-state index contributed by atoms with van der Waals surface area (Å²) in [6, 6.07) is 1.85. The lowest BCUT2D eigenvalue weighted by atomic mass is 10.0. The molecule has 1 aromatic rings. The van der Waals surface area contributed by atoms with Crippen LogP contribution in [0.15, 0.2) is 18.5 Å². The molecule has 1 fully saturated rings. The van der Waals surface area contributed by atoms with Gasteiger partial charge in [0, 0.05) is 31.4 Å². The van der Waals surface area contributed by atoms with E-state index in [1.54, 1.807) is 12.4 Å². The average molecular weight is 149 g/mol. The van der Waals surface area contributed by atoms with Crippen molar-refractivity contribution < 1.29 is 0 Å². The lowest BCUT2D eigenvalue weighted by Gasteiger charge is -2.34. The summed E-state index contributed by atoms with van der Waals surface area (Å²) in [6.07, 6.45) is 3.61. The van der Waals surface area contributed by atoms with Gasteiger partial charge in [-0.2, -0.15) is 0 Å². The van der Waals surface area contributed by atoms with Crippen LogP contribution in [0, 0.1) is 0 Å². The molecular weight excluding hydrogens is 138 g/mol. The topological polar surface area (TPSA) is 29.0 Å². The molecule has 58 valence electrons. The van der Waals surface area contributed by atoms with Gasteiger partial charge in [0.1, 0.15) is 5.82 Å². The Kier molecular flexibility index (Phi) is 1.58. The van der Waals surface area contributed by atoms with Crippen LogP contribution in [0.25, 0.3) is 0 Å². The third-order valence-electron chi connectivity index (χ3n) is 2.02. The van der Waals surface area contributed by atoms with E-state index in [0.717, 1.165) is 18.9 Å². The number of rotatable bonds is 1. The molecule has 2 heterocycles. The molecule has 0 atom stereocenters. The van der Waals surface area contributed by atoms with Crippen LogP contribution >= 0.6 is 0 Å². The lowest BCUT2D eigenvalue weighted by molar-refractivity contribution is 0.183. The molecular formula is C8H11N3. The Morgan fingerprint density at radius 1 is 1.36 bits per heavy atom. The van der Waals surface area contributed by atoms with Gasteiger partial charge in [0.2, 0.25) is 0 Å². The minimum atomic E-state index is 0.571. The van der Waals surface area contributed by atoms with Gasteiger partial charge in [-0.05, 0) is 13.1 Å². The van der Waals surface area contributed by atoms with Gasteiger partial charge < -0.3 is 4.90 Å². The number of hydrogen-bond donors (Lipinski definition) is 0. The summed E-state index contributed by atoms with van der Waals surface area (Å²) in [5.41, 5.74) is 0. The Morgan fingerprint density at radius 3 is 2.55 bits per heavy atom. The molecule has 11 heavy (non-hydrogen) atoms. The Morgan fingerprint density at radius 2 is 2.00 bits per heavy atom. The van der Waals surface area contributed by atoms with Crippen molar-refractivity contribution in [3.63, 3.8) is 0 Å². The van der Waals surface area contributed by atoms with E-state index >= 15 is 0 Å². The van der Waals surface area contributed by atoms with E-state index in [9.17, 15) is 0 Å². The Bertz CT molecular complexity index is 228. The zero-order valence-electron chi connectivity index (χ0n) is 6.57. The first-order valence-electron chi connectivity index (χ1n) is 3.82. The highest BCUT2D eigenvalue weighted by atomic mass is 15.2. The zero-order valence-corrected chi connectivity index (χ0v) is 6.57. The van der Waals surface area contributed by atoms with E-state index in [4.69, 9.17) is 0 Å². The summed E-state index contributed by atoms with van der Waals surface area (Å²) in [4.78, 5) is 10.7. The quantitative estimate of drug-likeness (QED) is 0.582. The molecule has 0 amide bonds. The largest absolute Gasteiger partial charge is 0.305 e. The van der Waals surface area contributed by atoms with E-state index in [2.05, 4.69) is 21.9 Å². The van der Waals surface area contributed by atoms with Gasteiger partial charge in [-0.1, -0.05) is 0 Å². The van der Waals surface area contributed by atoms with Crippen LogP contribution in [0.2, 0.25) is 0 Å². The molecule has 0 spiro atoms. The Balaban J connectivity index is 2.08. The number of hydrogen-bond acceptors (Lipinski definition) is 3. The van der Waals surface area contributed by atoms with Crippen molar-refractivity contribution >= 4 is 0 Å². The second kappa shape index (κ2) is 2.58. The average Bonchev–Trinajstić information content (AvgIpc) is 2.01. The third kappa shape index (κ3) is 1.24. The molecule has 0 bridgehead atoms. The summed E-state index contributed by atoms with van der Waals surface area (Å²) >= 11 is 0. The molecule has 0 N–H and O–H groups in total. The van der Waals surface area contributed by atoms with Gasteiger partial charge in [-0.15, -0.1) is 0 Å². The van der Waals surface area contributed by atoms with Crippen molar-refractivity contribution in [2.24, 2.45) is 0 Å². The second-order valence-corrected chi connectivity index (χ2v) is 3.03. The fourth-order valence-electron chi connectivity index (χ4n) is 1.38. The molecule has 1 aliphatic heterocycles. The van der Waals surface area contributed by atoms with Crippen LogP contribution in [-0.2, 0) is 0 Å². The summed E-state index contributed by atoms with van der Waals surface area (Å²) in [7, 11) is 2.11. The fourth-order valence-corrected chi connectivity index (χ4v) is 1.38. The van der Waals surface area contributed by atoms with Crippen LogP contribution in [0.1, 0.15) is 11.7 Å². The van der Waals surface area contributed by atoms with Crippen molar-refractivity contribution in [1.29, 1.82) is 0 Å². The van der Waals surface area contributed by atoms with Crippen molar-refractivity contribution in [3.8, 4) is 0 Å². The Hall–Kier alpha value is -0.960. The molecule has 3 nitrogen and oxygen atoms in total.